The Bertz CT molecular complexity index is 1010. The lowest BCUT2D eigenvalue weighted by Gasteiger charge is -2.38. The van der Waals surface area contributed by atoms with Crippen molar-refractivity contribution in [1.29, 1.82) is 0 Å². The molecule has 0 bridgehead atoms. The number of hydrogen-bond donors (Lipinski definition) is 2. The van der Waals surface area contributed by atoms with Gasteiger partial charge in [-0.1, -0.05) is 18.2 Å². The van der Waals surface area contributed by atoms with Crippen molar-refractivity contribution in [3.8, 4) is 0 Å². The summed E-state index contributed by atoms with van der Waals surface area (Å²) < 4.78 is 22.9. The minimum Gasteiger partial charge on any atom is -0.399 e. The zero-order chi connectivity index (χ0) is 21.9. The molecule has 6 rings (SSSR count). The minimum absolute atomic E-state index is 0.224. The standard InChI is InChI=1S/C26H32N2O4/c1-15-6-16(2-4-24(15)27)26(9-19-13-31-19,10-20-14-32-20)23-3-5-25(28)22(8-18-12-30-18)21(23)7-17-11-29-17/h2-6,17-20H,7-14,27-28H2,1H3. The van der Waals surface area contributed by atoms with Gasteiger partial charge in [0.1, 0.15) is 0 Å². The van der Waals surface area contributed by atoms with E-state index in [-0.39, 0.29) is 29.8 Å². The summed E-state index contributed by atoms with van der Waals surface area (Å²) in [5, 5.41) is 0. The van der Waals surface area contributed by atoms with Gasteiger partial charge in [-0.15, -0.1) is 0 Å². The Morgan fingerprint density at radius 3 is 1.81 bits per heavy atom. The number of anilines is 2. The number of epoxide rings is 4. The monoisotopic (exact) mass is 436 g/mol. The molecule has 4 atom stereocenters. The SMILES string of the molecule is Cc1cc(C(CC2CO2)(CC2CO2)c2ccc(N)c(CC3CO3)c2CC2CO2)ccc1N. The molecular formula is C26H32N2O4. The molecule has 0 aromatic heterocycles. The maximum absolute atomic E-state index is 6.55. The first-order valence-electron chi connectivity index (χ1n) is 11.8. The summed E-state index contributed by atoms with van der Waals surface area (Å²) in [5.74, 6) is 0. The Kier molecular flexibility index (Phi) is 4.95. The van der Waals surface area contributed by atoms with E-state index in [1.54, 1.807) is 0 Å². The van der Waals surface area contributed by atoms with Crippen molar-refractivity contribution in [3.63, 3.8) is 0 Å². The van der Waals surface area contributed by atoms with Crippen LogP contribution in [0, 0.1) is 6.92 Å². The second kappa shape index (κ2) is 7.73. The number of nitrogen functional groups attached to an aromatic ring is 2. The third kappa shape index (κ3) is 4.13. The first-order chi connectivity index (χ1) is 15.5. The quantitative estimate of drug-likeness (QED) is 0.439. The van der Waals surface area contributed by atoms with Crippen LogP contribution in [0.1, 0.15) is 40.7 Å². The van der Waals surface area contributed by atoms with E-state index in [0.717, 1.165) is 69.0 Å². The lowest BCUT2D eigenvalue weighted by atomic mass is 9.65. The molecule has 4 aliphatic rings. The molecule has 4 N–H and O–H groups in total. The molecule has 4 saturated heterocycles. The number of benzene rings is 2. The molecule has 0 amide bonds. The van der Waals surface area contributed by atoms with E-state index in [1.807, 2.05) is 6.07 Å². The Labute approximate surface area is 189 Å². The lowest BCUT2D eigenvalue weighted by Crippen LogP contribution is -2.34. The Balaban J connectivity index is 1.54. The summed E-state index contributed by atoms with van der Waals surface area (Å²) in [6.07, 6.45) is 4.69. The molecule has 4 fully saturated rings. The zero-order valence-corrected chi connectivity index (χ0v) is 18.6. The highest BCUT2D eigenvalue weighted by atomic mass is 16.6. The van der Waals surface area contributed by atoms with E-state index in [2.05, 4.69) is 31.2 Å². The zero-order valence-electron chi connectivity index (χ0n) is 18.6. The van der Waals surface area contributed by atoms with Gasteiger partial charge in [0.05, 0.1) is 50.8 Å². The van der Waals surface area contributed by atoms with E-state index >= 15 is 0 Å². The van der Waals surface area contributed by atoms with Crippen LogP contribution in [0.3, 0.4) is 0 Å². The molecule has 0 aliphatic carbocycles. The number of aryl methyl sites for hydroxylation is 1. The summed E-state index contributed by atoms with van der Waals surface area (Å²) in [6, 6.07) is 10.8. The van der Waals surface area contributed by atoms with Crippen LogP contribution in [0.2, 0.25) is 0 Å². The fourth-order valence-electron chi connectivity index (χ4n) is 5.28. The van der Waals surface area contributed by atoms with Crippen molar-refractivity contribution in [1.82, 2.24) is 0 Å². The van der Waals surface area contributed by atoms with Gasteiger partial charge in [-0.3, -0.25) is 0 Å². The predicted molar refractivity (Wildman–Crippen MR) is 123 cm³/mol. The van der Waals surface area contributed by atoms with Crippen LogP contribution < -0.4 is 11.5 Å². The highest BCUT2D eigenvalue weighted by Gasteiger charge is 2.47. The van der Waals surface area contributed by atoms with E-state index in [0.29, 0.717) is 0 Å². The smallest absolute Gasteiger partial charge is 0.0851 e. The molecule has 4 unspecified atom stereocenters. The van der Waals surface area contributed by atoms with Gasteiger partial charge in [-0.2, -0.15) is 0 Å². The van der Waals surface area contributed by atoms with Crippen LogP contribution in [0.15, 0.2) is 30.3 Å². The van der Waals surface area contributed by atoms with Crippen molar-refractivity contribution < 1.29 is 18.9 Å². The average Bonchev–Trinajstić information content (AvgIpc) is 3.61. The molecule has 6 heteroatoms. The number of nitrogens with two attached hydrogens (primary N) is 2. The van der Waals surface area contributed by atoms with Crippen LogP contribution >= 0.6 is 0 Å². The Morgan fingerprint density at radius 2 is 1.28 bits per heavy atom. The van der Waals surface area contributed by atoms with Gasteiger partial charge in [0.2, 0.25) is 0 Å². The second-order valence-corrected chi connectivity index (χ2v) is 9.95. The highest BCUT2D eigenvalue weighted by Crippen LogP contribution is 2.49. The molecule has 0 saturated carbocycles. The number of hydrogen-bond acceptors (Lipinski definition) is 6. The maximum Gasteiger partial charge on any atom is 0.0851 e. The average molecular weight is 437 g/mol. The van der Waals surface area contributed by atoms with E-state index in [9.17, 15) is 0 Å². The van der Waals surface area contributed by atoms with Crippen LogP contribution in [0.25, 0.3) is 0 Å². The summed E-state index contributed by atoms with van der Waals surface area (Å²) in [6.45, 7) is 5.36. The van der Waals surface area contributed by atoms with Crippen molar-refractivity contribution in [2.24, 2.45) is 0 Å². The molecule has 0 spiro atoms. The molecule has 32 heavy (non-hydrogen) atoms. The molecule has 2 aromatic rings. The van der Waals surface area contributed by atoms with Gasteiger partial charge < -0.3 is 30.4 Å². The van der Waals surface area contributed by atoms with Crippen LogP contribution in [-0.4, -0.2) is 50.8 Å². The molecule has 2 aromatic carbocycles. The molecule has 4 heterocycles. The van der Waals surface area contributed by atoms with E-state index in [1.165, 1.54) is 22.3 Å². The van der Waals surface area contributed by atoms with E-state index < -0.39 is 0 Å². The third-order valence-electron chi connectivity index (χ3n) is 7.43. The largest absolute Gasteiger partial charge is 0.399 e. The second-order valence-electron chi connectivity index (χ2n) is 9.95. The molecule has 170 valence electrons. The fraction of sp³-hybridized carbons (Fsp3) is 0.538. The van der Waals surface area contributed by atoms with Crippen LogP contribution in [0.4, 0.5) is 11.4 Å². The molecule has 4 aliphatic heterocycles. The highest BCUT2D eigenvalue weighted by molar-refractivity contribution is 5.60. The van der Waals surface area contributed by atoms with Gasteiger partial charge in [0.25, 0.3) is 0 Å². The summed E-state index contributed by atoms with van der Waals surface area (Å²) >= 11 is 0. The Hall–Kier alpha value is -2.12. The lowest BCUT2D eigenvalue weighted by molar-refractivity contribution is 0.298. The number of rotatable bonds is 10. The van der Waals surface area contributed by atoms with Gasteiger partial charge in [0, 0.05) is 29.6 Å². The minimum atomic E-state index is -0.224. The van der Waals surface area contributed by atoms with Crippen molar-refractivity contribution >= 4 is 11.4 Å². The van der Waals surface area contributed by atoms with Crippen molar-refractivity contribution in [2.75, 3.05) is 37.9 Å². The van der Waals surface area contributed by atoms with Gasteiger partial charge in [-0.05, 0) is 59.7 Å². The topological polar surface area (TPSA) is 102 Å². The van der Waals surface area contributed by atoms with Gasteiger partial charge in [-0.25, -0.2) is 0 Å². The Morgan fingerprint density at radius 1 is 0.750 bits per heavy atom. The molecule has 0 radical (unpaired) electrons. The van der Waals surface area contributed by atoms with Gasteiger partial charge in [0.15, 0.2) is 0 Å². The number of ether oxygens (including phenoxy) is 4. The normalized spacial score (nSPS) is 29.4. The van der Waals surface area contributed by atoms with Crippen molar-refractivity contribution in [3.05, 3.63) is 58.1 Å². The maximum atomic E-state index is 6.55. The fourth-order valence-corrected chi connectivity index (χ4v) is 5.28. The van der Waals surface area contributed by atoms with Crippen molar-refractivity contribution in [2.45, 2.75) is 62.4 Å². The van der Waals surface area contributed by atoms with Crippen LogP contribution in [0.5, 0.6) is 0 Å². The van der Waals surface area contributed by atoms with Gasteiger partial charge >= 0.3 is 0 Å². The summed E-state index contributed by atoms with van der Waals surface area (Å²) in [4.78, 5) is 0. The first-order valence-corrected chi connectivity index (χ1v) is 11.8. The third-order valence-corrected chi connectivity index (χ3v) is 7.43. The van der Waals surface area contributed by atoms with E-state index in [4.69, 9.17) is 30.4 Å². The summed E-state index contributed by atoms with van der Waals surface area (Å²) in [7, 11) is 0. The first kappa shape index (κ1) is 20.5. The van der Waals surface area contributed by atoms with Crippen LogP contribution in [-0.2, 0) is 37.2 Å². The summed E-state index contributed by atoms with van der Waals surface area (Å²) in [5.41, 5.74) is 20.5. The molecular weight excluding hydrogens is 404 g/mol. The predicted octanol–water partition coefficient (Wildman–Crippen LogP) is 2.91. The molecule has 6 nitrogen and oxygen atoms in total.